The van der Waals surface area contributed by atoms with Crippen LogP contribution in [0.25, 0.3) is 0 Å². The number of benzene rings is 1. The van der Waals surface area contributed by atoms with Crippen LogP contribution in [0.2, 0.25) is 0 Å². The second-order valence-electron chi connectivity index (χ2n) is 4.93. The molecule has 23 heavy (non-hydrogen) atoms. The molecule has 8 heteroatoms. The number of aromatic nitrogens is 2. The number of nitrogens with one attached hydrogen (secondary N) is 1. The Morgan fingerprint density at radius 3 is 2.91 bits per heavy atom. The number of amides is 1. The number of nitro groups is 1. The van der Waals surface area contributed by atoms with Crippen molar-refractivity contribution in [1.82, 2.24) is 9.55 Å². The van der Waals surface area contributed by atoms with E-state index in [1.54, 1.807) is 25.3 Å². The first kappa shape index (κ1) is 17.0. The topological polar surface area (TPSA) is 90.1 Å². The maximum absolute atomic E-state index is 12.3. The zero-order chi connectivity index (χ0) is 16.8. The summed E-state index contributed by atoms with van der Waals surface area (Å²) in [7, 11) is 0. The maximum Gasteiger partial charge on any atom is 0.292 e. The molecular weight excluding hydrogens is 316 g/mol. The molecule has 0 saturated carbocycles. The molecule has 0 aliphatic heterocycles. The molecule has 1 N–H and O–H groups in total. The van der Waals surface area contributed by atoms with Crippen molar-refractivity contribution in [3.8, 4) is 0 Å². The first-order valence-corrected chi connectivity index (χ1v) is 8.13. The summed E-state index contributed by atoms with van der Waals surface area (Å²) in [5.74, 6) is -0.296. The fraction of sp³-hybridized carbons (Fsp3) is 0.333. The molecule has 1 unspecified atom stereocenters. The molecule has 7 nitrogen and oxygen atoms in total. The summed E-state index contributed by atoms with van der Waals surface area (Å²) in [6, 6.07) is 6.09. The Morgan fingerprint density at radius 2 is 2.22 bits per heavy atom. The van der Waals surface area contributed by atoms with Gasteiger partial charge in [0.15, 0.2) is 5.16 Å². The van der Waals surface area contributed by atoms with E-state index in [0.717, 1.165) is 18.1 Å². The van der Waals surface area contributed by atoms with Crippen LogP contribution in [0.3, 0.4) is 0 Å². The van der Waals surface area contributed by atoms with E-state index in [0.29, 0.717) is 0 Å². The lowest BCUT2D eigenvalue weighted by atomic mass is 10.2. The standard InChI is InChI=1S/C15H18N4O3S/c1-3-9-18-10-8-16-15(18)23-11(2)14(20)17-12-6-4-5-7-13(12)19(21)22/h4-8,10-11H,3,9H2,1-2H3,(H,17,20). The summed E-state index contributed by atoms with van der Waals surface area (Å²) < 4.78 is 1.99. The fourth-order valence-corrected chi connectivity index (χ4v) is 2.90. The van der Waals surface area contributed by atoms with Crippen LogP contribution in [-0.2, 0) is 11.3 Å². The van der Waals surface area contributed by atoms with Crippen molar-refractivity contribution in [3.05, 3.63) is 46.8 Å². The number of rotatable bonds is 7. The van der Waals surface area contributed by atoms with E-state index in [-0.39, 0.29) is 17.3 Å². The van der Waals surface area contributed by atoms with Gasteiger partial charge in [-0.3, -0.25) is 14.9 Å². The molecule has 1 amide bonds. The lowest BCUT2D eigenvalue weighted by molar-refractivity contribution is -0.383. The van der Waals surface area contributed by atoms with Crippen molar-refractivity contribution in [2.75, 3.05) is 5.32 Å². The molecule has 122 valence electrons. The molecular formula is C15H18N4O3S. The normalized spacial score (nSPS) is 11.9. The summed E-state index contributed by atoms with van der Waals surface area (Å²) in [5.41, 5.74) is 0.0809. The van der Waals surface area contributed by atoms with Gasteiger partial charge in [-0.25, -0.2) is 4.98 Å². The van der Waals surface area contributed by atoms with E-state index in [1.165, 1.54) is 23.9 Å². The van der Waals surface area contributed by atoms with Crippen LogP contribution in [0.1, 0.15) is 20.3 Å². The second kappa shape index (κ2) is 7.77. The molecule has 2 rings (SSSR count). The SMILES string of the molecule is CCCn1ccnc1SC(C)C(=O)Nc1ccccc1[N+](=O)[O-]. The molecule has 1 atom stereocenters. The zero-order valence-electron chi connectivity index (χ0n) is 12.9. The van der Waals surface area contributed by atoms with Gasteiger partial charge in [0.05, 0.1) is 10.2 Å². The zero-order valence-corrected chi connectivity index (χ0v) is 13.7. The van der Waals surface area contributed by atoms with Crippen LogP contribution in [0.4, 0.5) is 11.4 Å². The third-order valence-corrected chi connectivity index (χ3v) is 4.27. The van der Waals surface area contributed by atoms with E-state index in [4.69, 9.17) is 0 Å². The van der Waals surface area contributed by atoms with Gasteiger partial charge < -0.3 is 9.88 Å². The number of thioether (sulfide) groups is 1. The van der Waals surface area contributed by atoms with Crippen molar-refractivity contribution < 1.29 is 9.72 Å². The summed E-state index contributed by atoms with van der Waals surface area (Å²) in [6.07, 6.45) is 4.55. The number of nitro benzene ring substituents is 1. The molecule has 1 aromatic heterocycles. The van der Waals surface area contributed by atoms with E-state index < -0.39 is 10.2 Å². The van der Waals surface area contributed by atoms with E-state index in [2.05, 4.69) is 17.2 Å². The molecule has 2 aromatic rings. The third-order valence-electron chi connectivity index (χ3n) is 3.15. The summed E-state index contributed by atoms with van der Waals surface area (Å²) in [6.45, 7) is 4.65. The molecule has 0 saturated heterocycles. The summed E-state index contributed by atoms with van der Waals surface area (Å²) in [5, 5.41) is 13.9. The largest absolute Gasteiger partial charge is 0.326 e. The number of hydrogen-bond donors (Lipinski definition) is 1. The Balaban J connectivity index is 2.06. The average molecular weight is 334 g/mol. The van der Waals surface area contributed by atoms with Crippen LogP contribution in [0, 0.1) is 10.1 Å². The van der Waals surface area contributed by atoms with Gasteiger partial charge >= 0.3 is 0 Å². The molecule has 0 aliphatic rings. The summed E-state index contributed by atoms with van der Waals surface area (Å²) in [4.78, 5) is 27.0. The minimum atomic E-state index is -0.513. The van der Waals surface area contributed by atoms with Crippen LogP contribution < -0.4 is 5.32 Å². The highest BCUT2D eigenvalue weighted by Gasteiger charge is 2.20. The maximum atomic E-state index is 12.3. The van der Waals surface area contributed by atoms with Gasteiger partial charge in [0.25, 0.3) is 5.69 Å². The number of carbonyl (C=O) groups is 1. The van der Waals surface area contributed by atoms with Crippen LogP contribution >= 0.6 is 11.8 Å². The molecule has 0 bridgehead atoms. The molecule has 0 spiro atoms. The Hall–Kier alpha value is -2.35. The highest BCUT2D eigenvalue weighted by Crippen LogP contribution is 2.26. The van der Waals surface area contributed by atoms with Gasteiger partial charge in [0, 0.05) is 25.0 Å². The number of carbonyl (C=O) groups excluding carboxylic acids is 1. The van der Waals surface area contributed by atoms with Crippen LogP contribution in [-0.4, -0.2) is 25.6 Å². The lowest BCUT2D eigenvalue weighted by Crippen LogP contribution is -2.23. The Kier molecular flexibility index (Phi) is 5.75. The van der Waals surface area contributed by atoms with Gasteiger partial charge in [-0.1, -0.05) is 30.8 Å². The highest BCUT2D eigenvalue weighted by atomic mass is 32.2. The van der Waals surface area contributed by atoms with E-state index >= 15 is 0 Å². The van der Waals surface area contributed by atoms with Gasteiger partial charge in [-0.05, 0) is 19.4 Å². The number of nitrogens with zero attached hydrogens (tertiary/aromatic N) is 3. The first-order chi connectivity index (χ1) is 11.0. The van der Waals surface area contributed by atoms with Crippen molar-refractivity contribution in [2.24, 2.45) is 0 Å². The van der Waals surface area contributed by atoms with Crippen molar-refractivity contribution in [2.45, 2.75) is 37.2 Å². The van der Waals surface area contributed by atoms with Crippen LogP contribution in [0.5, 0.6) is 0 Å². The number of imidazole rings is 1. The minimum absolute atomic E-state index is 0.120. The average Bonchev–Trinajstić information content (AvgIpc) is 2.95. The summed E-state index contributed by atoms with van der Waals surface area (Å²) >= 11 is 1.33. The Labute approximate surface area is 138 Å². The molecule has 0 aliphatic carbocycles. The molecule has 1 heterocycles. The number of anilines is 1. The first-order valence-electron chi connectivity index (χ1n) is 7.25. The lowest BCUT2D eigenvalue weighted by Gasteiger charge is -2.12. The van der Waals surface area contributed by atoms with Crippen molar-refractivity contribution in [1.29, 1.82) is 0 Å². The Bertz CT molecular complexity index is 702. The van der Waals surface area contributed by atoms with E-state index in [9.17, 15) is 14.9 Å². The predicted molar refractivity (Wildman–Crippen MR) is 89.6 cm³/mol. The van der Waals surface area contributed by atoms with Gasteiger partial charge in [0.1, 0.15) is 5.69 Å². The van der Waals surface area contributed by atoms with Crippen molar-refractivity contribution in [3.63, 3.8) is 0 Å². The monoisotopic (exact) mass is 334 g/mol. The smallest absolute Gasteiger partial charge is 0.292 e. The van der Waals surface area contributed by atoms with Gasteiger partial charge in [0.2, 0.25) is 5.91 Å². The quantitative estimate of drug-likeness (QED) is 0.476. The Morgan fingerprint density at radius 1 is 1.48 bits per heavy atom. The van der Waals surface area contributed by atoms with Crippen LogP contribution in [0.15, 0.2) is 41.8 Å². The molecule has 1 aromatic carbocycles. The van der Waals surface area contributed by atoms with E-state index in [1.807, 2.05) is 10.8 Å². The van der Waals surface area contributed by atoms with Crippen molar-refractivity contribution >= 4 is 29.0 Å². The van der Waals surface area contributed by atoms with Gasteiger partial charge in [-0.2, -0.15) is 0 Å². The fourth-order valence-electron chi connectivity index (χ4n) is 2.01. The predicted octanol–water partition coefficient (Wildman–Crippen LogP) is 3.32. The minimum Gasteiger partial charge on any atom is -0.326 e. The second-order valence-corrected chi connectivity index (χ2v) is 6.23. The number of hydrogen-bond acceptors (Lipinski definition) is 5. The number of para-hydroxylation sites is 2. The van der Waals surface area contributed by atoms with Gasteiger partial charge in [-0.15, -0.1) is 0 Å². The molecule has 0 fully saturated rings. The highest BCUT2D eigenvalue weighted by molar-refractivity contribution is 8.00. The number of aryl methyl sites for hydroxylation is 1. The third kappa shape index (κ3) is 4.32. The molecule has 0 radical (unpaired) electrons.